The Morgan fingerprint density at radius 1 is 1.30 bits per heavy atom. The first-order chi connectivity index (χ1) is 12.6. The second-order valence-electron chi connectivity index (χ2n) is 7.30. The molecular formula is C19H23F3N4O. The molecule has 2 aromatic heterocycles. The highest BCUT2D eigenvalue weighted by Crippen LogP contribution is 2.46. The van der Waals surface area contributed by atoms with Crippen LogP contribution in [0.15, 0.2) is 30.6 Å². The minimum absolute atomic E-state index is 0.0123. The van der Waals surface area contributed by atoms with Crippen LogP contribution in [-0.2, 0) is 10.9 Å². The zero-order chi connectivity index (χ0) is 19.8. The van der Waals surface area contributed by atoms with Crippen LogP contribution in [-0.4, -0.2) is 40.8 Å². The van der Waals surface area contributed by atoms with Gasteiger partial charge < -0.3 is 9.64 Å². The molecule has 0 amide bonds. The van der Waals surface area contributed by atoms with Crippen LogP contribution in [0, 0.1) is 5.41 Å². The Hall–Kier alpha value is -2.22. The fourth-order valence-electron chi connectivity index (χ4n) is 3.55. The number of ether oxygens (including phenoxy) is 1. The van der Waals surface area contributed by atoms with Crippen LogP contribution in [0.5, 0.6) is 0 Å². The monoisotopic (exact) mass is 380 g/mol. The second kappa shape index (κ2) is 7.07. The average Bonchev–Trinajstić information content (AvgIpc) is 2.64. The molecule has 8 heteroatoms. The van der Waals surface area contributed by atoms with Crippen molar-refractivity contribution in [2.75, 3.05) is 18.6 Å². The Bertz CT molecular complexity index is 795. The molecule has 146 valence electrons. The van der Waals surface area contributed by atoms with Gasteiger partial charge in [0.1, 0.15) is 5.82 Å². The number of anilines is 1. The Labute approximate surface area is 156 Å². The average molecular weight is 380 g/mol. The molecule has 2 heterocycles. The zero-order valence-electron chi connectivity index (χ0n) is 15.8. The Balaban J connectivity index is 1.98. The Morgan fingerprint density at radius 2 is 2.04 bits per heavy atom. The third-order valence-electron chi connectivity index (χ3n) is 5.25. The summed E-state index contributed by atoms with van der Waals surface area (Å²) in [4.78, 5) is 13.9. The summed E-state index contributed by atoms with van der Waals surface area (Å²) in [5.74, 6) is 0.252. The molecule has 1 aliphatic carbocycles. The normalized spacial score (nSPS) is 21.6. The van der Waals surface area contributed by atoms with Gasteiger partial charge in [0, 0.05) is 49.1 Å². The lowest BCUT2D eigenvalue weighted by atomic mass is 9.64. The van der Waals surface area contributed by atoms with Gasteiger partial charge in [-0.2, -0.15) is 13.2 Å². The summed E-state index contributed by atoms with van der Waals surface area (Å²) in [5, 5.41) is 0. The van der Waals surface area contributed by atoms with E-state index in [1.54, 1.807) is 30.3 Å². The summed E-state index contributed by atoms with van der Waals surface area (Å²) in [5.41, 5.74) is -0.710. The summed E-state index contributed by atoms with van der Waals surface area (Å²) < 4.78 is 45.9. The molecule has 27 heavy (non-hydrogen) atoms. The molecule has 0 N–H and O–H groups in total. The predicted octanol–water partition coefficient (Wildman–Crippen LogP) is 4.20. The van der Waals surface area contributed by atoms with Crippen molar-refractivity contribution in [1.29, 1.82) is 0 Å². The summed E-state index contributed by atoms with van der Waals surface area (Å²) >= 11 is 0. The standard InChI is InChI=1S/C19H23F3N4O/c1-5-27-15-10-14(18(15,2)3)26(4)16-9-13(19(20,21)22)24-17(25-16)12-7-6-8-23-11-12/h6-9,11,14-15H,5,10H2,1-4H3/t14-,15+/m0/s1. The molecule has 0 unspecified atom stereocenters. The number of aromatic nitrogens is 3. The molecule has 1 fully saturated rings. The van der Waals surface area contributed by atoms with Crippen LogP contribution < -0.4 is 4.90 Å². The molecule has 2 aromatic rings. The number of pyridine rings is 1. The topological polar surface area (TPSA) is 51.1 Å². The molecule has 0 bridgehead atoms. The summed E-state index contributed by atoms with van der Waals surface area (Å²) in [6.07, 6.45) is -0.729. The largest absolute Gasteiger partial charge is 0.433 e. The highest BCUT2D eigenvalue weighted by atomic mass is 19.4. The van der Waals surface area contributed by atoms with E-state index in [1.807, 2.05) is 6.92 Å². The molecule has 0 aromatic carbocycles. The maximum Gasteiger partial charge on any atom is 0.433 e. The molecule has 0 spiro atoms. The minimum Gasteiger partial charge on any atom is -0.378 e. The zero-order valence-corrected chi connectivity index (χ0v) is 15.8. The smallest absolute Gasteiger partial charge is 0.378 e. The third-order valence-corrected chi connectivity index (χ3v) is 5.25. The highest BCUT2D eigenvalue weighted by Gasteiger charge is 2.51. The fraction of sp³-hybridized carbons (Fsp3) is 0.526. The molecule has 1 saturated carbocycles. The number of alkyl halides is 3. The van der Waals surface area contributed by atoms with Crippen molar-refractivity contribution >= 4 is 5.82 Å². The van der Waals surface area contributed by atoms with E-state index >= 15 is 0 Å². The van der Waals surface area contributed by atoms with Crippen LogP contribution in [0.3, 0.4) is 0 Å². The first-order valence-electron chi connectivity index (χ1n) is 8.85. The Kier molecular flexibility index (Phi) is 5.12. The van der Waals surface area contributed by atoms with Crippen LogP contribution in [0.2, 0.25) is 0 Å². The molecule has 3 rings (SSSR count). The molecule has 0 saturated heterocycles. The number of rotatable bonds is 5. The van der Waals surface area contributed by atoms with Crippen LogP contribution in [0.25, 0.3) is 11.4 Å². The number of hydrogen-bond acceptors (Lipinski definition) is 5. The van der Waals surface area contributed by atoms with E-state index in [4.69, 9.17) is 4.74 Å². The quantitative estimate of drug-likeness (QED) is 0.778. The van der Waals surface area contributed by atoms with E-state index in [2.05, 4.69) is 28.8 Å². The lowest BCUT2D eigenvalue weighted by Gasteiger charge is -2.55. The molecule has 2 atom stereocenters. The van der Waals surface area contributed by atoms with Gasteiger partial charge in [-0.25, -0.2) is 9.97 Å². The molecular weight excluding hydrogens is 357 g/mol. The van der Waals surface area contributed by atoms with Crippen molar-refractivity contribution in [1.82, 2.24) is 15.0 Å². The van der Waals surface area contributed by atoms with Gasteiger partial charge >= 0.3 is 6.18 Å². The molecule has 0 radical (unpaired) electrons. The second-order valence-corrected chi connectivity index (χ2v) is 7.30. The van der Waals surface area contributed by atoms with E-state index in [9.17, 15) is 13.2 Å². The summed E-state index contributed by atoms with van der Waals surface area (Å²) in [6, 6.07) is 4.31. The first-order valence-corrected chi connectivity index (χ1v) is 8.85. The van der Waals surface area contributed by atoms with E-state index in [0.29, 0.717) is 12.2 Å². The summed E-state index contributed by atoms with van der Waals surface area (Å²) in [7, 11) is 1.77. The minimum atomic E-state index is -4.56. The van der Waals surface area contributed by atoms with Crippen LogP contribution >= 0.6 is 0 Å². The van der Waals surface area contributed by atoms with E-state index in [1.165, 1.54) is 6.20 Å². The van der Waals surface area contributed by atoms with Gasteiger partial charge in [-0.3, -0.25) is 4.98 Å². The van der Waals surface area contributed by atoms with Crippen LogP contribution in [0.1, 0.15) is 32.9 Å². The Morgan fingerprint density at radius 3 is 2.59 bits per heavy atom. The summed E-state index contributed by atoms with van der Waals surface area (Å²) in [6.45, 7) is 6.67. The lowest BCUT2D eigenvalue weighted by molar-refractivity contribution is -0.141. The number of hydrogen-bond donors (Lipinski definition) is 0. The van der Waals surface area contributed by atoms with Crippen molar-refractivity contribution in [3.05, 3.63) is 36.3 Å². The van der Waals surface area contributed by atoms with Gasteiger partial charge in [-0.15, -0.1) is 0 Å². The van der Waals surface area contributed by atoms with E-state index < -0.39 is 11.9 Å². The van der Waals surface area contributed by atoms with Gasteiger partial charge in [0.05, 0.1) is 6.10 Å². The first kappa shape index (κ1) is 19.5. The van der Waals surface area contributed by atoms with E-state index in [-0.39, 0.29) is 29.2 Å². The van der Waals surface area contributed by atoms with Crippen molar-refractivity contribution in [2.24, 2.45) is 5.41 Å². The van der Waals surface area contributed by atoms with Crippen molar-refractivity contribution in [3.63, 3.8) is 0 Å². The molecule has 0 aliphatic heterocycles. The van der Waals surface area contributed by atoms with Gasteiger partial charge in [-0.05, 0) is 25.5 Å². The number of nitrogens with zero attached hydrogens (tertiary/aromatic N) is 4. The van der Waals surface area contributed by atoms with Gasteiger partial charge in [0.25, 0.3) is 0 Å². The van der Waals surface area contributed by atoms with Gasteiger partial charge in [0.2, 0.25) is 0 Å². The van der Waals surface area contributed by atoms with Gasteiger partial charge in [-0.1, -0.05) is 13.8 Å². The predicted molar refractivity (Wildman–Crippen MR) is 96.3 cm³/mol. The van der Waals surface area contributed by atoms with Gasteiger partial charge in [0.15, 0.2) is 11.5 Å². The maximum absolute atomic E-state index is 13.4. The molecule has 1 aliphatic rings. The molecule has 5 nitrogen and oxygen atoms in total. The SMILES string of the molecule is CCO[C@@H]1C[C@H](N(C)c2cc(C(F)(F)F)nc(-c3cccnc3)n2)C1(C)C. The highest BCUT2D eigenvalue weighted by molar-refractivity contribution is 5.57. The lowest BCUT2D eigenvalue weighted by Crippen LogP contribution is -2.61. The van der Waals surface area contributed by atoms with Crippen molar-refractivity contribution in [3.8, 4) is 11.4 Å². The number of halogens is 3. The van der Waals surface area contributed by atoms with Crippen molar-refractivity contribution in [2.45, 2.75) is 45.5 Å². The van der Waals surface area contributed by atoms with Crippen molar-refractivity contribution < 1.29 is 17.9 Å². The van der Waals surface area contributed by atoms with Crippen LogP contribution in [0.4, 0.5) is 19.0 Å². The van der Waals surface area contributed by atoms with E-state index in [0.717, 1.165) is 12.5 Å². The third kappa shape index (κ3) is 3.76. The fourth-order valence-corrected chi connectivity index (χ4v) is 3.55. The maximum atomic E-state index is 13.4.